The van der Waals surface area contributed by atoms with Gasteiger partial charge in [-0.2, -0.15) is 0 Å². The van der Waals surface area contributed by atoms with Gasteiger partial charge < -0.3 is 15.7 Å². The van der Waals surface area contributed by atoms with Crippen LogP contribution in [0.1, 0.15) is 34.1 Å². The molecule has 0 aromatic heterocycles. The molecule has 17 heavy (non-hydrogen) atoms. The Hall–Kier alpha value is -1.52. The molecule has 0 aromatic rings. The molecule has 0 fully saturated rings. The summed E-state index contributed by atoms with van der Waals surface area (Å²) < 4.78 is 0. The van der Waals surface area contributed by atoms with Gasteiger partial charge in [0, 0.05) is 12.6 Å². The van der Waals surface area contributed by atoms with Crippen molar-refractivity contribution in [3.8, 4) is 0 Å². The number of carboxylic acid groups (broad SMARTS) is 1. The Kier molecular flexibility index (Phi) is 7.02. The summed E-state index contributed by atoms with van der Waals surface area (Å²) in [5.74, 6) is -0.825. The fourth-order valence-corrected chi connectivity index (χ4v) is 1.21. The predicted molar refractivity (Wildman–Crippen MR) is 66.8 cm³/mol. The second kappa shape index (κ2) is 7.70. The highest BCUT2D eigenvalue weighted by molar-refractivity contribution is 5.75. The number of nitrogens with one attached hydrogen (secondary N) is 2. The maximum atomic E-state index is 11.5. The van der Waals surface area contributed by atoms with E-state index in [0.29, 0.717) is 6.54 Å². The standard InChI is InChI=1S/C12H22N2O3/c1-8(2)5-6-13-12(17)14-10(9(3)4)7-11(15)16/h5,9-10H,6-7H2,1-4H3,(H,15,16)(H2,13,14,17). The summed E-state index contributed by atoms with van der Waals surface area (Å²) in [5, 5.41) is 14.0. The number of hydrogen-bond donors (Lipinski definition) is 3. The highest BCUT2D eigenvalue weighted by Gasteiger charge is 2.18. The van der Waals surface area contributed by atoms with Gasteiger partial charge in [0.15, 0.2) is 0 Å². The number of hydrogen-bond acceptors (Lipinski definition) is 2. The van der Waals surface area contributed by atoms with Crippen LogP contribution in [0.5, 0.6) is 0 Å². The molecule has 0 aliphatic heterocycles. The molecule has 0 aliphatic rings. The van der Waals surface area contributed by atoms with E-state index in [4.69, 9.17) is 5.11 Å². The highest BCUT2D eigenvalue weighted by Crippen LogP contribution is 2.05. The molecule has 0 saturated carbocycles. The van der Waals surface area contributed by atoms with Crippen LogP contribution in [0, 0.1) is 5.92 Å². The molecule has 0 saturated heterocycles. The van der Waals surface area contributed by atoms with Crippen LogP contribution in [0.25, 0.3) is 0 Å². The van der Waals surface area contributed by atoms with Crippen LogP contribution in [0.4, 0.5) is 4.79 Å². The van der Waals surface area contributed by atoms with Crippen LogP contribution in [-0.4, -0.2) is 29.7 Å². The first-order valence-electron chi connectivity index (χ1n) is 5.72. The number of rotatable bonds is 6. The molecule has 0 rings (SSSR count). The van der Waals surface area contributed by atoms with Crippen molar-refractivity contribution < 1.29 is 14.7 Å². The van der Waals surface area contributed by atoms with E-state index in [1.807, 2.05) is 33.8 Å². The van der Waals surface area contributed by atoms with E-state index in [0.717, 1.165) is 5.57 Å². The van der Waals surface area contributed by atoms with Gasteiger partial charge >= 0.3 is 12.0 Å². The third kappa shape index (κ3) is 8.30. The maximum absolute atomic E-state index is 11.5. The second-order valence-corrected chi connectivity index (χ2v) is 4.58. The molecule has 0 heterocycles. The minimum Gasteiger partial charge on any atom is -0.481 e. The van der Waals surface area contributed by atoms with Gasteiger partial charge in [-0.3, -0.25) is 4.79 Å². The van der Waals surface area contributed by atoms with Gasteiger partial charge in [-0.15, -0.1) is 0 Å². The van der Waals surface area contributed by atoms with E-state index in [1.165, 1.54) is 0 Å². The third-order valence-corrected chi connectivity index (χ3v) is 2.29. The summed E-state index contributed by atoms with van der Waals surface area (Å²) in [4.78, 5) is 22.1. The zero-order chi connectivity index (χ0) is 13.4. The number of urea groups is 1. The van der Waals surface area contributed by atoms with Crippen LogP contribution < -0.4 is 10.6 Å². The first-order valence-corrected chi connectivity index (χ1v) is 5.72. The molecule has 1 atom stereocenters. The summed E-state index contributed by atoms with van der Waals surface area (Å²) in [5.41, 5.74) is 1.12. The SMILES string of the molecule is CC(C)=CCNC(=O)NC(CC(=O)O)C(C)C. The summed E-state index contributed by atoms with van der Waals surface area (Å²) in [7, 11) is 0. The topological polar surface area (TPSA) is 78.4 Å². The Labute approximate surface area is 102 Å². The number of carbonyl (C=O) groups is 2. The molecule has 5 heteroatoms. The van der Waals surface area contributed by atoms with Crippen LogP contribution >= 0.6 is 0 Å². The lowest BCUT2D eigenvalue weighted by atomic mass is 10.0. The average molecular weight is 242 g/mol. The van der Waals surface area contributed by atoms with E-state index in [2.05, 4.69) is 10.6 Å². The van der Waals surface area contributed by atoms with Crippen LogP contribution in [-0.2, 0) is 4.79 Å². The van der Waals surface area contributed by atoms with Gasteiger partial charge in [-0.05, 0) is 19.8 Å². The van der Waals surface area contributed by atoms with Crippen LogP contribution in [0.2, 0.25) is 0 Å². The Bertz CT molecular complexity index is 294. The monoisotopic (exact) mass is 242 g/mol. The van der Waals surface area contributed by atoms with Crippen LogP contribution in [0.15, 0.2) is 11.6 Å². The summed E-state index contributed by atoms with van der Waals surface area (Å²) in [6.07, 6.45) is 1.83. The van der Waals surface area contributed by atoms with E-state index >= 15 is 0 Å². The smallest absolute Gasteiger partial charge is 0.315 e. The number of carbonyl (C=O) groups excluding carboxylic acids is 1. The summed E-state index contributed by atoms with van der Waals surface area (Å²) in [6, 6.07) is -0.679. The van der Waals surface area contributed by atoms with Crippen molar-refractivity contribution in [1.29, 1.82) is 0 Å². The van der Waals surface area contributed by atoms with Gasteiger partial charge in [-0.25, -0.2) is 4.79 Å². The Morgan fingerprint density at radius 2 is 1.88 bits per heavy atom. The number of carboxylic acids is 1. The van der Waals surface area contributed by atoms with E-state index in [1.54, 1.807) is 0 Å². The summed E-state index contributed by atoms with van der Waals surface area (Å²) >= 11 is 0. The lowest BCUT2D eigenvalue weighted by Crippen LogP contribution is -2.45. The van der Waals surface area contributed by atoms with Crippen molar-refractivity contribution in [1.82, 2.24) is 10.6 Å². The minimum absolute atomic E-state index is 0.0618. The van der Waals surface area contributed by atoms with Crippen molar-refractivity contribution >= 4 is 12.0 Å². The predicted octanol–water partition coefficient (Wildman–Crippen LogP) is 1.75. The Morgan fingerprint density at radius 3 is 2.29 bits per heavy atom. The van der Waals surface area contributed by atoms with Gasteiger partial charge in [0.25, 0.3) is 0 Å². The van der Waals surface area contributed by atoms with Crippen molar-refractivity contribution in [3.05, 3.63) is 11.6 Å². The lowest BCUT2D eigenvalue weighted by molar-refractivity contribution is -0.137. The first kappa shape index (κ1) is 15.5. The highest BCUT2D eigenvalue weighted by atomic mass is 16.4. The molecule has 0 aliphatic carbocycles. The quantitative estimate of drug-likeness (QED) is 0.621. The molecule has 98 valence electrons. The lowest BCUT2D eigenvalue weighted by Gasteiger charge is -2.20. The van der Waals surface area contributed by atoms with Gasteiger partial charge in [0.2, 0.25) is 0 Å². The minimum atomic E-state index is -0.909. The summed E-state index contributed by atoms with van der Waals surface area (Å²) in [6.45, 7) is 8.10. The molecule has 0 radical (unpaired) electrons. The van der Waals surface area contributed by atoms with E-state index in [-0.39, 0.29) is 24.4 Å². The maximum Gasteiger partial charge on any atom is 0.315 e. The normalized spacial score (nSPS) is 11.8. The zero-order valence-corrected chi connectivity index (χ0v) is 10.9. The molecule has 0 spiro atoms. The Balaban J connectivity index is 4.13. The van der Waals surface area contributed by atoms with Crippen molar-refractivity contribution in [3.63, 3.8) is 0 Å². The molecule has 5 nitrogen and oxygen atoms in total. The number of allylic oxidation sites excluding steroid dienone is 1. The van der Waals surface area contributed by atoms with Gasteiger partial charge in [0.05, 0.1) is 6.42 Å². The molecule has 3 N–H and O–H groups in total. The molecule has 2 amide bonds. The molecule has 1 unspecified atom stereocenters. The molecular formula is C12H22N2O3. The second-order valence-electron chi connectivity index (χ2n) is 4.58. The van der Waals surface area contributed by atoms with Gasteiger partial charge in [-0.1, -0.05) is 25.5 Å². The van der Waals surface area contributed by atoms with E-state index < -0.39 is 5.97 Å². The third-order valence-electron chi connectivity index (χ3n) is 2.29. The van der Waals surface area contributed by atoms with Crippen molar-refractivity contribution in [2.45, 2.75) is 40.2 Å². The number of amides is 2. The molecule has 0 bridgehead atoms. The average Bonchev–Trinajstić information content (AvgIpc) is 2.15. The molecule has 0 aromatic carbocycles. The fourth-order valence-electron chi connectivity index (χ4n) is 1.21. The zero-order valence-electron chi connectivity index (χ0n) is 10.9. The molecular weight excluding hydrogens is 220 g/mol. The largest absolute Gasteiger partial charge is 0.481 e. The fraction of sp³-hybridized carbons (Fsp3) is 0.667. The van der Waals surface area contributed by atoms with Crippen LogP contribution in [0.3, 0.4) is 0 Å². The van der Waals surface area contributed by atoms with Gasteiger partial charge in [0.1, 0.15) is 0 Å². The van der Waals surface area contributed by atoms with Crippen molar-refractivity contribution in [2.24, 2.45) is 5.92 Å². The first-order chi connectivity index (χ1) is 7.82. The number of aliphatic carboxylic acids is 1. The van der Waals surface area contributed by atoms with E-state index in [9.17, 15) is 9.59 Å². The van der Waals surface area contributed by atoms with Crippen molar-refractivity contribution in [2.75, 3.05) is 6.54 Å². The Morgan fingerprint density at radius 1 is 1.29 bits per heavy atom.